The van der Waals surface area contributed by atoms with Crippen LogP contribution in [0.4, 0.5) is 0 Å². The minimum absolute atomic E-state index is 0.181. The van der Waals surface area contributed by atoms with Crippen LogP contribution in [0.15, 0.2) is 0 Å². The lowest BCUT2D eigenvalue weighted by atomic mass is 10.0. The molecule has 0 atom stereocenters. The van der Waals surface area contributed by atoms with Gasteiger partial charge in [0.15, 0.2) is 0 Å². The van der Waals surface area contributed by atoms with E-state index in [1.807, 2.05) is 0 Å². The van der Waals surface area contributed by atoms with Crippen molar-refractivity contribution in [3.8, 4) is 0 Å². The third kappa shape index (κ3) is 3.11. The van der Waals surface area contributed by atoms with Gasteiger partial charge < -0.3 is 10.6 Å². The Bertz CT molecular complexity index is 316. The van der Waals surface area contributed by atoms with Crippen molar-refractivity contribution in [1.29, 1.82) is 0 Å². The number of nitrogens with zero attached hydrogens (tertiary/aromatic N) is 1. The van der Waals surface area contributed by atoms with E-state index in [-0.39, 0.29) is 5.91 Å². The second kappa shape index (κ2) is 5.41. The maximum Gasteiger partial charge on any atom is 0.234 e. The number of amides is 1. The fraction of sp³-hybridized carbons (Fsp3) is 0.933. The van der Waals surface area contributed by atoms with Gasteiger partial charge in [-0.3, -0.25) is 9.69 Å². The lowest BCUT2D eigenvalue weighted by Crippen LogP contribution is -2.39. The molecule has 1 aliphatic heterocycles. The van der Waals surface area contributed by atoms with E-state index in [4.69, 9.17) is 0 Å². The first-order chi connectivity index (χ1) is 8.85. The highest BCUT2D eigenvalue weighted by atomic mass is 16.2. The zero-order valence-electron chi connectivity index (χ0n) is 12.9. The van der Waals surface area contributed by atoms with E-state index in [1.54, 1.807) is 0 Å². The molecule has 0 aromatic heterocycles. The number of carbonyl (C=O) groups excluding carboxylic acids is 1. The fourth-order valence-corrected chi connectivity index (χ4v) is 3.38. The van der Waals surface area contributed by atoms with E-state index in [0.29, 0.717) is 23.3 Å². The first kappa shape index (κ1) is 14.8. The molecular formula is C15H29N3O. The summed E-state index contributed by atoms with van der Waals surface area (Å²) >= 11 is 0. The van der Waals surface area contributed by atoms with E-state index in [9.17, 15) is 4.79 Å². The van der Waals surface area contributed by atoms with Gasteiger partial charge in [0.25, 0.3) is 0 Å². The Kier molecular flexibility index (Phi) is 4.21. The van der Waals surface area contributed by atoms with E-state index in [2.05, 4.69) is 43.2 Å². The Labute approximate surface area is 117 Å². The zero-order valence-corrected chi connectivity index (χ0v) is 12.9. The average Bonchev–Trinajstić information content (AvgIpc) is 2.84. The van der Waals surface area contributed by atoms with Gasteiger partial charge in [-0.1, -0.05) is 27.7 Å². The smallest absolute Gasteiger partial charge is 0.234 e. The van der Waals surface area contributed by atoms with Crippen LogP contribution < -0.4 is 10.6 Å². The highest BCUT2D eigenvalue weighted by Crippen LogP contribution is 2.67. The van der Waals surface area contributed by atoms with Crippen molar-refractivity contribution in [1.82, 2.24) is 15.5 Å². The predicted octanol–water partition coefficient (Wildman–Crippen LogP) is 1.08. The lowest BCUT2D eigenvalue weighted by molar-refractivity contribution is -0.122. The second-order valence-corrected chi connectivity index (χ2v) is 7.18. The zero-order chi connectivity index (χ0) is 14.1. The molecule has 1 saturated carbocycles. The first-order valence-corrected chi connectivity index (χ1v) is 7.55. The van der Waals surface area contributed by atoms with Gasteiger partial charge in [0.2, 0.25) is 5.91 Å². The molecule has 110 valence electrons. The summed E-state index contributed by atoms with van der Waals surface area (Å²) in [6.07, 6.45) is 1.13. The Morgan fingerprint density at radius 1 is 1.21 bits per heavy atom. The van der Waals surface area contributed by atoms with Gasteiger partial charge in [-0.2, -0.15) is 0 Å². The van der Waals surface area contributed by atoms with Crippen LogP contribution in [-0.4, -0.2) is 50.1 Å². The standard InChI is InChI=1S/C15H29N3O/c1-14(2)12(15(14,3)4)10-17-13(19)11-18-8-5-6-16-7-9-18/h12,16H,5-11H2,1-4H3,(H,17,19). The molecule has 2 aliphatic rings. The van der Waals surface area contributed by atoms with Crippen molar-refractivity contribution in [2.45, 2.75) is 34.1 Å². The van der Waals surface area contributed by atoms with Crippen molar-refractivity contribution >= 4 is 5.91 Å². The lowest BCUT2D eigenvalue weighted by Gasteiger charge is -2.18. The highest BCUT2D eigenvalue weighted by molar-refractivity contribution is 5.78. The van der Waals surface area contributed by atoms with Crippen molar-refractivity contribution in [2.75, 3.05) is 39.3 Å². The SMILES string of the molecule is CC1(C)C(CNC(=O)CN2CCCNCC2)C1(C)C. The predicted molar refractivity (Wildman–Crippen MR) is 78.0 cm³/mol. The normalized spacial score (nSPS) is 26.7. The summed E-state index contributed by atoms with van der Waals surface area (Å²) in [6.45, 7) is 14.6. The Balaban J connectivity index is 1.71. The first-order valence-electron chi connectivity index (χ1n) is 7.55. The summed E-state index contributed by atoms with van der Waals surface area (Å²) in [7, 11) is 0. The monoisotopic (exact) mass is 267 g/mol. The minimum atomic E-state index is 0.181. The Morgan fingerprint density at radius 2 is 1.89 bits per heavy atom. The fourth-order valence-electron chi connectivity index (χ4n) is 3.38. The summed E-state index contributed by atoms with van der Waals surface area (Å²) in [6, 6.07) is 0. The summed E-state index contributed by atoms with van der Waals surface area (Å²) in [5.41, 5.74) is 0.708. The second-order valence-electron chi connectivity index (χ2n) is 7.18. The van der Waals surface area contributed by atoms with Gasteiger partial charge >= 0.3 is 0 Å². The number of nitrogens with one attached hydrogen (secondary N) is 2. The van der Waals surface area contributed by atoms with Crippen LogP contribution in [-0.2, 0) is 4.79 Å². The molecule has 4 nitrogen and oxygen atoms in total. The Morgan fingerprint density at radius 3 is 2.53 bits per heavy atom. The number of hydrogen-bond donors (Lipinski definition) is 2. The topological polar surface area (TPSA) is 44.4 Å². The van der Waals surface area contributed by atoms with E-state index >= 15 is 0 Å². The van der Waals surface area contributed by atoms with E-state index in [1.165, 1.54) is 0 Å². The van der Waals surface area contributed by atoms with Crippen LogP contribution in [0.25, 0.3) is 0 Å². The number of carbonyl (C=O) groups is 1. The van der Waals surface area contributed by atoms with Crippen LogP contribution in [0.2, 0.25) is 0 Å². The van der Waals surface area contributed by atoms with Gasteiger partial charge in [-0.05, 0) is 36.3 Å². The van der Waals surface area contributed by atoms with Crippen molar-refractivity contribution in [2.24, 2.45) is 16.7 Å². The molecule has 0 aromatic rings. The average molecular weight is 267 g/mol. The molecule has 19 heavy (non-hydrogen) atoms. The van der Waals surface area contributed by atoms with Gasteiger partial charge in [0.1, 0.15) is 0 Å². The minimum Gasteiger partial charge on any atom is -0.355 e. The van der Waals surface area contributed by atoms with Crippen molar-refractivity contribution < 1.29 is 4.79 Å². The summed E-state index contributed by atoms with van der Waals surface area (Å²) in [5.74, 6) is 0.787. The van der Waals surface area contributed by atoms with E-state index in [0.717, 1.165) is 39.1 Å². The molecule has 0 aromatic carbocycles. The van der Waals surface area contributed by atoms with Crippen LogP contribution >= 0.6 is 0 Å². The molecule has 0 radical (unpaired) electrons. The number of hydrogen-bond acceptors (Lipinski definition) is 3. The van der Waals surface area contributed by atoms with Crippen LogP contribution in [0.1, 0.15) is 34.1 Å². The van der Waals surface area contributed by atoms with Gasteiger partial charge in [-0.25, -0.2) is 0 Å². The molecule has 1 amide bonds. The molecule has 1 heterocycles. The molecule has 1 saturated heterocycles. The molecule has 0 spiro atoms. The third-order valence-electron chi connectivity index (χ3n) is 5.62. The molecule has 0 unspecified atom stereocenters. The maximum atomic E-state index is 12.0. The van der Waals surface area contributed by atoms with Crippen molar-refractivity contribution in [3.05, 3.63) is 0 Å². The highest BCUT2D eigenvalue weighted by Gasteiger charge is 2.64. The molecule has 2 fully saturated rings. The van der Waals surface area contributed by atoms with Crippen LogP contribution in [0, 0.1) is 16.7 Å². The van der Waals surface area contributed by atoms with Crippen molar-refractivity contribution in [3.63, 3.8) is 0 Å². The molecule has 1 aliphatic carbocycles. The summed E-state index contributed by atoms with van der Waals surface area (Å²) in [5, 5.41) is 6.48. The Hall–Kier alpha value is -0.610. The van der Waals surface area contributed by atoms with Gasteiger partial charge in [0, 0.05) is 19.6 Å². The number of rotatable bonds is 4. The van der Waals surface area contributed by atoms with Crippen LogP contribution in [0.5, 0.6) is 0 Å². The van der Waals surface area contributed by atoms with Gasteiger partial charge in [0.05, 0.1) is 6.54 Å². The molecule has 0 bridgehead atoms. The largest absolute Gasteiger partial charge is 0.355 e. The maximum absolute atomic E-state index is 12.0. The van der Waals surface area contributed by atoms with Crippen LogP contribution in [0.3, 0.4) is 0 Å². The summed E-state index contributed by atoms with van der Waals surface area (Å²) in [4.78, 5) is 14.3. The van der Waals surface area contributed by atoms with Gasteiger partial charge in [-0.15, -0.1) is 0 Å². The molecular weight excluding hydrogens is 238 g/mol. The summed E-state index contributed by atoms with van der Waals surface area (Å²) < 4.78 is 0. The molecule has 2 rings (SSSR count). The molecule has 2 N–H and O–H groups in total. The third-order valence-corrected chi connectivity index (χ3v) is 5.62. The molecule has 4 heteroatoms. The quantitative estimate of drug-likeness (QED) is 0.801. The van der Waals surface area contributed by atoms with E-state index < -0.39 is 0 Å².